The van der Waals surface area contributed by atoms with Crippen molar-refractivity contribution >= 4 is 33.2 Å². The smallest absolute Gasteiger partial charge is 0.239 e. The van der Waals surface area contributed by atoms with Crippen LogP contribution in [-0.2, 0) is 21.2 Å². The number of anilines is 1. The Hall–Kier alpha value is -1.89. The van der Waals surface area contributed by atoms with Crippen LogP contribution in [0, 0.1) is 6.92 Å². The molecular weight excluding hydrogens is 360 g/mol. The van der Waals surface area contributed by atoms with Crippen molar-refractivity contribution in [2.45, 2.75) is 13.3 Å². The molecule has 0 spiro atoms. The lowest BCUT2D eigenvalue weighted by molar-refractivity contribution is -0.116. The molecule has 0 aliphatic carbocycles. The molecule has 134 valence electrons. The molecule has 2 rings (SSSR count). The highest BCUT2D eigenvalue weighted by atomic mass is 35.5. The molecule has 0 heterocycles. The van der Waals surface area contributed by atoms with Crippen LogP contribution in [0.2, 0.25) is 5.02 Å². The summed E-state index contributed by atoms with van der Waals surface area (Å²) in [5.41, 5.74) is 2.51. The average Bonchev–Trinajstić information content (AvgIpc) is 2.52. The van der Waals surface area contributed by atoms with E-state index >= 15 is 0 Å². The van der Waals surface area contributed by atoms with Crippen LogP contribution in [0.5, 0.6) is 0 Å². The normalized spacial score (nSPS) is 11.5. The summed E-state index contributed by atoms with van der Waals surface area (Å²) in [6.45, 7) is 1.86. The van der Waals surface area contributed by atoms with Gasteiger partial charge in [-0.3, -0.25) is 4.79 Å². The van der Waals surface area contributed by atoms with Gasteiger partial charge in [-0.05, 0) is 42.7 Å². The summed E-state index contributed by atoms with van der Waals surface area (Å²) in [5, 5.41) is 3.35. The molecule has 0 atom stereocenters. The fourth-order valence-electron chi connectivity index (χ4n) is 2.37. The Bertz CT molecular complexity index is 853. The third-order valence-electron chi connectivity index (χ3n) is 3.75. The maximum absolute atomic E-state index is 12.2. The zero-order chi connectivity index (χ0) is 18.4. The van der Waals surface area contributed by atoms with Crippen LogP contribution >= 0.6 is 11.6 Å². The molecule has 2 aromatic carbocycles. The summed E-state index contributed by atoms with van der Waals surface area (Å²) in [6.07, 6.45) is 1.58. The monoisotopic (exact) mass is 380 g/mol. The molecule has 0 bridgehead atoms. The van der Waals surface area contributed by atoms with Gasteiger partial charge in [0.1, 0.15) is 0 Å². The predicted molar refractivity (Wildman–Crippen MR) is 101 cm³/mol. The summed E-state index contributed by atoms with van der Waals surface area (Å²) >= 11 is 5.94. The van der Waals surface area contributed by atoms with Gasteiger partial charge in [0, 0.05) is 17.3 Å². The van der Waals surface area contributed by atoms with Crippen LogP contribution in [0.3, 0.4) is 0 Å². The molecule has 7 heteroatoms. The molecule has 1 N–H and O–H groups in total. The molecule has 0 aromatic heterocycles. The number of carbonyl (C=O) groups is 1. The zero-order valence-electron chi connectivity index (χ0n) is 14.2. The molecule has 5 nitrogen and oxygen atoms in total. The lowest BCUT2D eigenvalue weighted by Crippen LogP contribution is -2.38. The standard InChI is InChI=1S/C18H21ClN2O3S/c1-14-6-3-4-9-17(14)20-18(22)13-21(25(2,23)24)11-10-15-7-5-8-16(19)12-15/h3-9,12H,10-11,13H2,1-2H3,(H,20,22). The van der Waals surface area contributed by atoms with Crippen molar-refractivity contribution in [3.8, 4) is 0 Å². The Balaban J connectivity index is 2.03. The minimum absolute atomic E-state index is 0.209. The van der Waals surface area contributed by atoms with Crippen molar-refractivity contribution in [2.24, 2.45) is 0 Å². The number of rotatable bonds is 7. The van der Waals surface area contributed by atoms with E-state index in [2.05, 4.69) is 5.32 Å². The SMILES string of the molecule is Cc1ccccc1NC(=O)CN(CCc1cccc(Cl)c1)S(C)(=O)=O. The summed E-state index contributed by atoms with van der Waals surface area (Å²) in [4.78, 5) is 12.2. The number of aryl methyl sites for hydroxylation is 1. The van der Waals surface area contributed by atoms with Gasteiger partial charge < -0.3 is 5.32 Å². The summed E-state index contributed by atoms with van der Waals surface area (Å²) in [6, 6.07) is 14.6. The third-order valence-corrected chi connectivity index (χ3v) is 5.23. The minimum Gasteiger partial charge on any atom is -0.325 e. The van der Waals surface area contributed by atoms with E-state index in [1.807, 2.05) is 37.3 Å². The number of nitrogens with zero attached hydrogens (tertiary/aromatic N) is 1. The maximum atomic E-state index is 12.2. The van der Waals surface area contributed by atoms with Crippen molar-refractivity contribution in [1.82, 2.24) is 4.31 Å². The van der Waals surface area contributed by atoms with Gasteiger partial charge in [0.05, 0.1) is 12.8 Å². The largest absolute Gasteiger partial charge is 0.325 e. The maximum Gasteiger partial charge on any atom is 0.239 e. The molecule has 0 unspecified atom stereocenters. The second kappa shape index (κ2) is 8.47. The number of hydrogen-bond donors (Lipinski definition) is 1. The summed E-state index contributed by atoms with van der Waals surface area (Å²) < 4.78 is 25.2. The molecular formula is C18H21ClN2O3S. The highest BCUT2D eigenvalue weighted by Crippen LogP contribution is 2.14. The van der Waals surface area contributed by atoms with Crippen molar-refractivity contribution in [1.29, 1.82) is 0 Å². The Morgan fingerprint density at radius 1 is 1.16 bits per heavy atom. The number of benzene rings is 2. The highest BCUT2D eigenvalue weighted by Gasteiger charge is 2.20. The lowest BCUT2D eigenvalue weighted by Gasteiger charge is -2.20. The van der Waals surface area contributed by atoms with Crippen LogP contribution in [0.1, 0.15) is 11.1 Å². The Morgan fingerprint density at radius 2 is 1.88 bits per heavy atom. The van der Waals surface area contributed by atoms with E-state index in [0.717, 1.165) is 17.4 Å². The second-order valence-electron chi connectivity index (χ2n) is 5.84. The van der Waals surface area contributed by atoms with Gasteiger partial charge in [0.25, 0.3) is 0 Å². The first-order valence-electron chi connectivity index (χ1n) is 7.81. The molecule has 0 aliphatic heterocycles. The zero-order valence-corrected chi connectivity index (χ0v) is 15.8. The van der Waals surface area contributed by atoms with E-state index in [-0.39, 0.29) is 19.0 Å². The van der Waals surface area contributed by atoms with E-state index in [9.17, 15) is 13.2 Å². The van der Waals surface area contributed by atoms with Crippen LogP contribution < -0.4 is 5.32 Å². The average molecular weight is 381 g/mol. The fraction of sp³-hybridized carbons (Fsp3) is 0.278. The number of halogens is 1. The quantitative estimate of drug-likeness (QED) is 0.802. The fourth-order valence-corrected chi connectivity index (χ4v) is 3.36. The van der Waals surface area contributed by atoms with Gasteiger partial charge in [0.2, 0.25) is 15.9 Å². The highest BCUT2D eigenvalue weighted by molar-refractivity contribution is 7.88. The Kier molecular flexibility index (Phi) is 6.58. The van der Waals surface area contributed by atoms with Gasteiger partial charge in [-0.15, -0.1) is 0 Å². The lowest BCUT2D eigenvalue weighted by atomic mass is 10.1. The van der Waals surface area contributed by atoms with Gasteiger partial charge >= 0.3 is 0 Å². The molecule has 0 saturated carbocycles. The molecule has 0 fully saturated rings. The van der Waals surface area contributed by atoms with Crippen LogP contribution in [0.15, 0.2) is 48.5 Å². The number of nitrogens with one attached hydrogen (secondary N) is 1. The molecule has 1 amide bonds. The number of para-hydroxylation sites is 1. The second-order valence-corrected chi connectivity index (χ2v) is 8.26. The minimum atomic E-state index is -3.50. The Morgan fingerprint density at radius 3 is 2.52 bits per heavy atom. The third kappa shape index (κ3) is 6.16. The molecule has 0 saturated heterocycles. The number of sulfonamides is 1. The first-order chi connectivity index (χ1) is 11.8. The van der Waals surface area contributed by atoms with Gasteiger partial charge in [-0.25, -0.2) is 8.42 Å². The van der Waals surface area contributed by atoms with Crippen molar-refractivity contribution in [3.63, 3.8) is 0 Å². The predicted octanol–water partition coefficient (Wildman–Crippen LogP) is 3.09. The number of amides is 1. The van der Waals surface area contributed by atoms with E-state index in [0.29, 0.717) is 17.1 Å². The number of hydrogen-bond acceptors (Lipinski definition) is 3. The van der Waals surface area contributed by atoms with Crippen LogP contribution in [0.25, 0.3) is 0 Å². The van der Waals surface area contributed by atoms with Crippen molar-refractivity contribution in [3.05, 3.63) is 64.7 Å². The molecule has 0 radical (unpaired) electrons. The molecule has 2 aromatic rings. The van der Waals surface area contributed by atoms with Crippen LogP contribution in [-0.4, -0.2) is 38.0 Å². The van der Waals surface area contributed by atoms with Crippen LogP contribution in [0.4, 0.5) is 5.69 Å². The van der Waals surface area contributed by atoms with Crippen molar-refractivity contribution in [2.75, 3.05) is 24.7 Å². The van der Waals surface area contributed by atoms with Gasteiger partial charge in [-0.2, -0.15) is 4.31 Å². The topological polar surface area (TPSA) is 66.5 Å². The van der Waals surface area contributed by atoms with E-state index in [1.54, 1.807) is 18.2 Å². The summed E-state index contributed by atoms with van der Waals surface area (Å²) in [7, 11) is -3.50. The van der Waals surface area contributed by atoms with E-state index in [1.165, 1.54) is 4.31 Å². The summed E-state index contributed by atoms with van der Waals surface area (Å²) in [5.74, 6) is -0.370. The number of carbonyl (C=O) groups excluding carboxylic acids is 1. The first-order valence-corrected chi connectivity index (χ1v) is 10.0. The van der Waals surface area contributed by atoms with Crippen molar-refractivity contribution < 1.29 is 13.2 Å². The molecule has 0 aliphatic rings. The van der Waals surface area contributed by atoms with Gasteiger partial charge in [-0.1, -0.05) is 41.9 Å². The van der Waals surface area contributed by atoms with Gasteiger partial charge in [0.15, 0.2) is 0 Å². The Labute approximate surface area is 153 Å². The first kappa shape index (κ1) is 19.4. The van der Waals surface area contributed by atoms with E-state index < -0.39 is 10.0 Å². The van der Waals surface area contributed by atoms with E-state index in [4.69, 9.17) is 11.6 Å². The molecule has 25 heavy (non-hydrogen) atoms.